The Morgan fingerprint density at radius 2 is 2.05 bits per heavy atom. The van der Waals surface area contributed by atoms with Gasteiger partial charge in [0, 0.05) is 24.7 Å². The Morgan fingerprint density at radius 1 is 1.40 bits per heavy atom. The molecule has 6 heteroatoms. The van der Waals surface area contributed by atoms with Crippen LogP contribution >= 0.6 is 0 Å². The Bertz CT molecular complexity index is 487. The Kier molecular flexibility index (Phi) is 4.67. The third kappa shape index (κ3) is 3.52. The number of halogens is 1. The van der Waals surface area contributed by atoms with Crippen LogP contribution in [0.15, 0.2) is 18.2 Å². The minimum Gasteiger partial charge on any atom is -0.328 e. The molecule has 1 aromatic rings. The van der Waals surface area contributed by atoms with E-state index < -0.39 is 16.4 Å². The summed E-state index contributed by atoms with van der Waals surface area (Å²) in [7, 11) is 2.00. The summed E-state index contributed by atoms with van der Waals surface area (Å²) in [6, 6.07) is 4.86. The van der Waals surface area contributed by atoms with Gasteiger partial charge in [-0.15, -0.1) is 0 Å². The molecule has 2 rings (SSSR count). The SMILES string of the molecule is CN(Cc1ccc([N+](=O)[O-])c(F)c1)C1CCC(N)CC1. The first-order valence-corrected chi connectivity index (χ1v) is 6.86. The smallest absolute Gasteiger partial charge is 0.304 e. The third-order valence-electron chi connectivity index (χ3n) is 4.01. The van der Waals surface area contributed by atoms with Crippen molar-refractivity contribution in [3.63, 3.8) is 0 Å². The molecule has 0 radical (unpaired) electrons. The molecule has 20 heavy (non-hydrogen) atoms. The van der Waals surface area contributed by atoms with Crippen molar-refractivity contribution >= 4 is 5.69 Å². The van der Waals surface area contributed by atoms with E-state index in [2.05, 4.69) is 4.90 Å². The summed E-state index contributed by atoms with van der Waals surface area (Å²) >= 11 is 0. The summed E-state index contributed by atoms with van der Waals surface area (Å²) < 4.78 is 13.6. The molecule has 1 saturated carbocycles. The number of nitrogens with zero attached hydrogens (tertiary/aromatic N) is 2. The maximum absolute atomic E-state index is 13.6. The molecule has 0 amide bonds. The van der Waals surface area contributed by atoms with Gasteiger partial charge in [0.05, 0.1) is 4.92 Å². The molecule has 0 spiro atoms. The molecule has 1 aliphatic rings. The molecule has 5 nitrogen and oxygen atoms in total. The summed E-state index contributed by atoms with van der Waals surface area (Å²) in [6.45, 7) is 0.592. The van der Waals surface area contributed by atoms with Gasteiger partial charge in [-0.05, 0) is 44.4 Å². The van der Waals surface area contributed by atoms with Crippen LogP contribution in [0, 0.1) is 15.9 Å². The highest BCUT2D eigenvalue weighted by atomic mass is 19.1. The Hall–Kier alpha value is -1.53. The number of benzene rings is 1. The molecular weight excluding hydrogens is 261 g/mol. The normalized spacial score (nSPS) is 23.0. The van der Waals surface area contributed by atoms with Crippen molar-refractivity contribution in [1.82, 2.24) is 4.90 Å². The third-order valence-corrected chi connectivity index (χ3v) is 4.01. The van der Waals surface area contributed by atoms with E-state index in [1.54, 1.807) is 6.07 Å². The van der Waals surface area contributed by atoms with Crippen molar-refractivity contribution in [2.24, 2.45) is 5.73 Å². The minimum absolute atomic E-state index is 0.302. The van der Waals surface area contributed by atoms with Crippen molar-refractivity contribution in [3.05, 3.63) is 39.7 Å². The standard InChI is InChI=1S/C14H20FN3O2/c1-17(12-5-3-11(16)4-6-12)9-10-2-7-14(18(19)20)13(15)8-10/h2,7-8,11-12H,3-6,9,16H2,1H3. The van der Waals surface area contributed by atoms with E-state index in [9.17, 15) is 14.5 Å². The average molecular weight is 281 g/mol. The van der Waals surface area contributed by atoms with E-state index in [-0.39, 0.29) is 0 Å². The number of hydrogen-bond donors (Lipinski definition) is 1. The second-order valence-corrected chi connectivity index (χ2v) is 5.53. The first-order valence-electron chi connectivity index (χ1n) is 6.86. The van der Waals surface area contributed by atoms with Crippen molar-refractivity contribution in [1.29, 1.82) is 0 Å². The molecule has 0 aliphatic heterocycles. The fourth-order valence-corrected chi connectivity index (χ4v) is 2.76. The number of rotatable bonds is 4. The fraction of sp³-hybridized carbons (Fsp3) is 0.571. The molecule has 0 atom stereocenters. The van der Waals surface area contributed by atoms with Crippen LogP contribution in [0.1, 0.15) is 31.2 Å². The molecule has 0 aromatic heterocycles. The van der Waals surface area contributed by atoms with E-state index in [0.29, 0.717) is 18.6 Å². The quantitative estimate of drug-likeness (QED) is 0.679. The van der Waals surface area contributed by atoms with E-state index in [4.69, 9.17) is 5.73 Å². The van der Waals surface area contributed by atoms with E-state index in [1.165, 1.54) is 12.1 Å². The zero-order valence-electron chi connectivity index (χ0n) is 11.6. The second kappa shape index (κ2) is 6.28. The maximum Gasteiger partial charge on any atom is 0.304 e. The summed E-state index contributed by atoms with van der Waals surface area (Å²) in [5, 5.41) is 10.6. The molecular formula is C14H20FN3O2. The first-order chi connectivity index (χ1) is 9.47. The van der Waals surface area contributed by atoms with Gasteiger partial charge in [0.25, 0.3) is 0 Å². The largest absolute Gasteiger partial charge is 0.328 e. The number of nitro benzene ring substituents is 1. The molecule has 1 fully saturated rings. The van der Waals surface area contributed by atoms with Gasteiger partial charge in [0.1, 0.15) is 0 Å². The van der Waals surface area contributed by atoms with Gasteiger partial charge in [0.2, 0.25) is 5.82 Å². The molecule has 1 aromatic carbocycles. The van der Waals surface area contributed by atoms with Crippen LogP contribution in [0.2, 0.25) is 0 Å². The number of hydrogen-bond acceptors (Lipinski definition) is 4. The van der Waals surface area contributed by atoms with Gasteiger partial charge in [-0.3, -0.25) is 15.0 Å². The highest BCUT2D eigenvalue weighted by Gasteiger charge is 2.22. The van der Waals surface area contributed by atoms with Crippen molar-refractivity contribution in [2.75, 3.05) is 7.05 Å². The fourth-order valence-electron chi connectivity index (χ4n) is 2.76. The van der Waals surface area contributed by atoms with Gasteiger partial charge in [-0.1, -0.05) is 6.07 Å². The first kappa shape index (κ1) is 14.9. The van der Waals surface area contributed by atoms with E-state index >= 15 is 0 Å². The zero-order valence-corrected chi connectivity index (χ0v) is 11.6. The molecule has 2 N–H and O–H groups in total. The van der Waals surface area contributed by atoms with Gasteiger partial charge in [0.15, 0.2) is 0 Å². The highest BCUT2D eigenvalue weighted by molar-refractivity contribution is 5.34. The molecule has 0 unspecified atom stereocenters. The predicted octanol–water partition coefficient (Wildman–Crippen LogP) is 2.44. The van der Waals surface area contributed by atoms with E-state index in [1.807, 2.05) is 7.05 Å². The number of nitrogens with two attached hydrogens (primary N) is 1. The van der Waals surface area contributed by atoms with Gasteiger partial charge in [-0.25, -0.2) is 0 Å². The highest BCUT2D eigenvalue weighted by Crippen LogP contribution is 2.24. The lowest BCUT2D eigenvalue weighted by Crippen LogP contribution is -2.38. The monoisotopic (exact) mass is 281 g/mol. The molecule has 1 aliphatic carbocycles. The van der Waals surface area contributed by atoms with E-state index in [0.717, 1.165) is 31.2 Å². The summed E-state index contributed by atoms with van der Waals surface area (Å²) in [6.07, 6.45) is 4.13. The summed E-state index contributed by atoms with van der Waals surface area (Å²) in [5.41, 5.74) is 6.17. The van der Waals surface area contributed by atoms with Gasteiger partial charge >= 0.3 is 5.69 Å². The Balaban J connectivity index is 1.99. The lowest BCUT2D eigenvalue weighted by Gasteiger charge is -2.33. The summed E-state index contributed by atoms with van der Waals surface area (Å²) in [5.74, 6) is -0.772. The second-order valence-electron chi connectivity index (χ2n) is 5.53. The lowest BCUT2D eigenvalue weighted by atomic mass is 9.91. The lowest BCUT2D eigenvalue weighted by molar-refractivity contribution is -0.387. The Labute approximate surface area is 117 Å². The van der Waals surface area contributed by atoms with Crippen LogP contribution in [0.25, 0.3) is 0 Å². The van der Waals surface area contributed by atoms with Crippen molar-refractivity contribution < 1.29 is 9.31 Å². The van der Waals surface area contributed by atoms with Crippen LogP contribution in [-0.4, -0.2) is 29.0 Å². The molecule has 0 saturated heterocycles. The van der Waals surface area contributed by atoms with Crippen molar-refractivity contribution in [3.8, 4) is 0 Å². The summed E-state index contributed by atoms with van der Waals surface area (Å²) in [4.78, 5) is 12.0. The Morgan fingerprint density at radius 3 is 2.60 bits per heavy atom. The average Bonchev–Trinajstić information content (AvgIpc) is 2.39. The van der Waals surface area contributed by atoms with Crippen LogP contribution in [0.3, 0.4) is 0 Å². The van der Waals surface area contributed by atoms with Crippen LogP contribution < -0.4 is 5.73 Å². The number of nitro groups is 1. The molecule has 0 bridgehead atoms. The minimum atomic E-state index is -0.772. The maximum atomic E-state index is 13.6. The molecule has 110 valence electrons. The topological polar surface area (TPSA) is 72.4 Å². The predicted molar refractivity (Wildman–Crippen MR) is 74.8 cm³/mol. The van der Waals surface area contributed by atoms with Crippen molar-refractivity contribution in [2.45, 2.75) is 44.3 Å². The van der Waals surface area contributed by atoms with Gasteiger partial charge in [-0.2, -0.15) is 4.39 Å². The van der Waals surface area contributed by atoms with Crippen LogP contribution in [0.5, 0.6) is 0 Å². The zero-order chi connectivity index (χ0) is 14.7. The van der Waals surface area contributed by atoms with Crippen LogP contribution in [0.4, 0.5) is 10.1 Å². The van der Waals surface area contributed by atoms with Crippen LogP contribution in [-0.2, 0) is 6.54 Å². The molecule has 0 heterocycles. The van der Waals surface area contributed by atoms with Gasteiger partial charge < -0.3 is 5.73 Å².